The van der Waals surface area contributed by atoms with E-state index in [0.717, 1.165) is 24.0 Å². The Labute approximate surface area is 104 Å². The third-order valence-electron chi connectivity index (χ3n) is 2.24. The van der Waals surface area contributed by atoms with Gasteiger partial charge < -0.3 is 10.1 Å². The standard InChI is InChI=1S/C10H13BrN2O.ClH/c11-8-3-4-10(13-6-8)14-9-2-1-5-12-7-9;/h3-4,6,9,12H,1-2,5,7H2;1H/t9-;/m0./s1. The summed E-state index contributed by atoms with van der Waals surface area (Å²) in [6.07, 6.45) is 4.33. The molecule has 1 aliphatic rings. The first-order chi connectivity index (χ1) is 6.84. The van der Waals surface area contributed by atoms with Crippen molar-refractivity contribution in [1.82, 2.24) is 10.3 Å². The minimum atomic E-state index is 0. The molecule has 15 heavy (non-hydrogen) atoms. The number of aromatic nitrogens is 1. The smallest absolute Gasteiger partial charge is 0.213 e. The Hall–Kier alpha value is -0.320. The van der Waals surface area contributed by atoms with Gasteiger partial charge in [0.05, 0.1) is 0 Å². The number of halogens is 2. The molecular formula is C10H14BrClN2O. The lowest BCUT2D eigenvalue weighted by atomic mass is 10.1. The number of hydrogen-bond acceptors (Lipinski definition) is 3. The number of pyridine rings is 1. The highest BCUT2D eigenvalue weighted by molar-refractivity contribution is 9.10. The van der Waals surface area contributed by atoms with Gasteiger partial charge in [0.25, 0.3) is 0 Å². The molecule has 1 atom stereocenters. The van der Waals surface area contributed by atoms with Crippen molar-refractivity contribution in [3.8, 4) is 5.88 Å². The summed E-state index contributed by atoms with van der Waals surface area (Å²) in [6, 6.07) is 3.83. The molecule has 1 aliphatic heterocycles. The molecule has 0 unspecified atom stereocenters. The minimum Gasteiger partial charge on any atom is -0.473 e. The van der Waals surface area contributed by atoms with Crippen LogP contribution < -0.4 is 10.1 Å². The predicted octanol–water partition coefficient (Wildman–Crippen LogP) is 2.40. The zero-order valence-corrected chi connectivity index (χ0v) is 10.7. The fourth-order valence-electron chi connectivity index (χ4n) is 1.52. The van der Waals surface area contributed by atoms with Gasteiger partial charge in [0, 0.05) is 23.3 Å². The van der Waals surface area contributed by atoms with E-state index >= 15 is 0 Å². The summed E-state index contributed by atoms with van der Waals surface area (Å²) in [4.78, 5) is 4.18. The number of ether oxygens (including phenoxy) is 1. The van der Waals surface area contributed by atoms with Crippen LogP contribution in [-0.2, 0) is 0 Å². The Balaban J connectivity index is 0.00000112. The number of piperidine rings is 1. The lowest BCUT2D eigenvalue weighted by Crippen LogP contribution is -2.37. The fourth-order valence-corrected chi connectivity index (χ4v) is 1.76. The molecule has 1 N–H and O–H groups in total. The number of nitrogens with one attached hydrogen (secondary N) is 1. The molecule has 0 spiro atoms. The second-order valence-corrected chi connectivity index (χ2v) is 4.32. The molecule has 1 aromatic rings. The third kappa shape index (κ3) is 3.97. The highest BCUT2D eigenvalue weighted by Crippen LogP contribution is 2.15. The number of hydrogen-bond donors (Lipinski definition) is 1. The lowest BCUT2D eigenvalue weighted by molar-refractivity contribution is 0.160. The van der Waals surface area contributed by atoms with E-state index < -0.39 is 0 Å². The largest absolute Gasteiger partial charge is 0.473 e. The quantitative estimate of drug-likeness (QED) is 0.909. The van der Waals surface area contributed by atoms with Gasteiger partial charge in [-0.3, -0.25) is 0 Å². The second-order valence-electron chi connectivity index (χ2n) is 3.40. The molecule has 2 heterocycles. The van der Waals surface area contributed by atoms with Crippen molar-refractivity contribution in [2.45, 2.75) is 18.9 Å². The van der Waals surface area contributed by atoms with Gasteiger partial charge in [-0.05, 0) is 41.4 Å². The van der Waals surface area contributed by atoms with Crippen LogP contribution in [0.1, 0.15) is 12.8 Å². The molecule has 1 saturated heterocycles. The Morgan fingerprint density at radius 2 is 2.33 bits per heavy atom. The van der Waals surface area contributed by atoms with Crippen LogP contribution >= 0.6 is 28.3 Å². The molecule has 0 saturated carbocycles. The summed E-state index contributed by atoms with van der Waals surface area (Å²) >= 11 is 3.34. The zero-order valence-electron chi connectivity index (χ0n) is 8.28. The molecule has 0 amide bonds. The number of rotatable bonds is 2. The van der Waals surface area contributed by atoms with Gasteiger partial charge in [0.15, 0.2) is 0 Å². The van der Waals surface area contributed by atoms with E-state index in [9.17, 15) is 0 Å². The molecule has 5 heteroatoms. The van der Waals surface area contributed by atoms with Gasteiger partial charge in [-0.15, -0.1) is 12.4 Å². The molecule has 2 rings (SSSR count). The molecule has 3 nitrogen and oxygen atoms in total. The van der Waals surface area contributed by atoms with Crippen LogP contribution in [0.5, 0.6) is 5.88 Å². The third-order valence-corrected chi connectivity index (χ3v) is 2.71. The van der Waals surface area contributed by atoms with E-state index in [1.807, 2.05) is 12.1 Å². The van der Waals surface area contributed by atoms with Crippen molar-refractivity contribution in [3.05, 3.63) is 22.8 Å². The highest BCUT2D eigenvalue weighted by Gasteiger charge is 2.14. The first-order valence-corrected chi connectivity index (χ1v) is 5.63. The monoisotopic (exact) mass is 292 g/mol. The minimum absolute atomic E-state index is 0. The molecule has 84 valence electrons. The van der Waals surface area contributed by atoms with E-state index in [1.165, 1.54) is 6.42 Å². The normalized spacial score (nSPS) is 20.5. The van der Waals surface area contributed by atoms with E-state index in [1.54, 1.807) is 6.20 Å². The molecule has 0 bridgehead atoms. The van der Waals surface area contributed by atoms with Crippen molar-refractivity contribution in [2.24, 2.45) is 0 Å². The van der Waals surface area contributed by atoms with Gasteiger partial charge in [0.1, 0.15) is 6.10 Å². The maximum atomic E-state index is 5.72. The van der Waals surface area contributed by atoms with Crippen molar-refractivity contribution in [3.63, 3.8) is 0 Å². The molecular weight excluding hydrogens is 279 g/mol. The maximum Gasteiger partial charge on any atom is 0.213 e. The van der Waals surface area contributed by atoms with Crippen molar-refractivity contribution in [2.75, 3.05) is 13.1 Å². The molecule has 0 aliphatic carbocycles. The van der Waals surface area contributed by atoms with Crippen molar-refractivity contribution >= 4 is 28.3 Å². The van der Waals surface area contributed by atoms with Gasteiger partial charge in [-0.25, -0.2) is 4.98 Å². The first kappa shape index (κ1) is 12.7. The summed E-state index contributed by atoms with van der Waals surface area (Å²) in [5.41, 5.74) is 0. The summed E-state index contributed by atoms with van der Waals surface area (Å²) in [7, 11) is 0. The Morgan fingerprint density at radius 3 is 2.93 bits per heavy atom. The van der Waals surface area contributed by atoms with Crippen molar-refractivity contribution < 1.29 is 4.74 Å². The van der Waals surface area contributed by atoms with Crippen LogP contribution in [0, 0.1) is 0 Å². The second kappa shape index (κ2) is 6.30. The van der Waals surface area contributed by atoms with Gasteiger partial charge >= 0.3 is 0 Å². The summed E-state index contributed by atoms with van der Waals surface area (Å²) in [5, 5.41) is 3.30. The van der Waals surface area contributed by atoms with Crippen LogP contribution in [0.4, 0.5) is 0 Å². The summed E-state index contributed by atoms with van der Waals surface area (Å²) in [5.74, 6) is 0.710. The highest BCUT2D eigenvalue weighted by atomic mass is 79.9. The Bertz CT molecular complexity index is 288. The molecule has 0 radical (unpaired) electrons. The molecule has 1 fully saturated rings. The summed E-state index contributed by atoms with van der Waals surface area (Å²) < 4.78 is 6.69. The fraction of sp³-hybridized carbons (Fsp3) is 0.500. The van der Waals surface area contributed by atoms with E-state index in [2.05, 4.69) is 26.2 Å². The van der Waals surface area contributed by atoms with Crippen LogP contribution in [0.25, 0.3) is 0 Å². The van der Waals surface area contributed by atoms with Gasteiger partial charge in [0.2, 0.25) is 5.88 Å². The van der Waals surface area contributed by atoms with Crippen LogP contribution in [0.3, 0.4) is 0 Å². The topological polar surface area (TPSA) is 34.1 Å². The van der Waals surface area contributed by atoms with Crippen LogP contribution in [0.2, 0.25) is 0 Å². The Kier molecular flexibility index (Phi) is 5.36. The van der Waals surface area contributed by atoms with E-state index in [0.29, 0.717) is 5.88 Å². The summed E-state index contributed by atoms with van der Waals surface area (Å²) in [6.45, 7) is 2.03. The van der Waals surface area contributed by atoms with E-state index in [-0.39, 0.29) is 18.5 Å². The first-order valence-electron chi connectivity index (χ1n) is 4.83. The van der Waals surface area contributed by atoms with E-state index in [4.69, 9.17) is 4.74 Å². The maximum absolute atomic E-state index is 5.72. The zero-order chi connectivity index (χ0) is 9.80. The van der Waals surface area contributed by atoms with Crippen LogP contribution in [0.15, 0.2) is 22.8 Å². The molecule has 0 aromatic carbocycles. The predicted molar refractivity (Wildman–Crippen MR) is 65.7 cm³/mol. The lowest BCUT2D eigenvalue weighted by Gasteiger charge is -2.23. The van der Waals surface area contributed by atoms with Crippen LogP contribution in [-0.4, -0.2) is 24.2 Å². The van der Waals surface area contributed by atoms with Crippen molar-refractivity contribution in [1.29, 1.82) is 0 Å². The molecule has 1 aromatic heterocycles. The average Bonchev–Trinajstić information content (AvgIpc) is 2.23. The SMILES string of the molecule is Brc1ccc(O[C@H]2CCCNC2)nc1.Cl. The number of nitrogens with zero attached hydrogens (tertiary/aromatic N) is 1. The Morgan fingerprint density at radius 1 is 1.47 bits per heavy atom. The van der Waals surface area contributed by atoms with Gasteiger partial charge in [-0.2, -0.15) is 0 Å². The van der Waals surface area contributed by atoms with Gasteiger partial charge in [-0.1, -0.05) is 0 Å². The average molecular weight is 294 g/mol.